The molecule has 3 rings (SSSR count). The molecule has 1 fully saturated rings. The highest BCUT2D eigenvalue weighted by Crippen LogP contribution is 2.29. The minimum atomic E-state index is -0.641. The van der Waals surface area contributed by atoms with Gasteiger partial charge >= 0.3 is 6.09 Å². The second-order valence-corrected chi connectivity index (χ2v) is 8.09. The molecule has 0 aliphatic carbocycles. The predicted molar refractivity (Wildman–Crippen MR) is 111 cm³/mol. The van der Waals surface area contributed by atoms with Crippen LogP contribution in [0.5, 0.6) is 0 Å². The third-order valence-electron chi connectivity index (χ3n) is 4.79. The van der Waals surface area contributed by atoms with Crippen LogP contribution in [0.3, 0.4) is 0 Å². The zero-order chi connectivity index (χ0) is 20.3. The summed E-state index contributed by atoms with van der Waals surface area (Å²) in [5.41, 5.74) is 3.42. The van der Waals surface area contributed by atoms with Crippen molar-refractivity contribution in [1.29, 1.82) is 0 Å². The molecule has 0 unspecified atom stereocenters. The second kappa shape index (κ2) is 8.01. The molecule has 2 aromatic carbocycles. The Morgan fingerprint density at radius 2 is 1.68 bits per heavy atom. The van der Waals surface area contributed by atoms with E-state index < -0.39 is 11.7 Å². The van der Waals surface area contributed by atoms with Gasteiger partial charge in [-0.15, -0.1) is 0 Å². The first-order valence-electron chi connectivity index (χ1n) is 9.64. The van der Waals surface area contributed by atoms with Crippen LogP contribution in [0.4, 0.5) is 4.79 Å². The first-order valence-corrected chi connectivity index (χ1v) is 9.64. The molecule has 1 aliphatic rings. The summed E-state index contributed by atoms with van der Waals surface area (Å²) in [6, 6.07) is 18.2. The molecule has 28 heavy (non-hydrogen) atoms. The van der Waals surface area contributed by atoms with Gasteiger partial charge in [-0.3, -0.25) is 4.79 Å². The molecule has 0 N–H and O–H groups in total. The Morgan fingerprint density at radius 1 is 1.07 bits per heavy atom. The lowest BCUT2D eigenvalue weighted by Crippen LogP contribution is -2.43. The van der Waals surface area contributed by atoms with Crippen molar-refractivity contribution in [2.75, 3.05) is 0 Å². The fourth-order valence-corrected chi connectivity index (χ4v) is 3.44. The van der Waals surface area contributed by atoms with Gasteiger partial charge in [-0.25, -0.2) is 9.69 Å². The largest absolute Gasteiger partial charge is 0.443 e. The van der Waals surface area contributed by atoms with Crippen LogP contribution in [0, 0.1) is 0 Å². The molecule has 2 aromatic rings. The number of hydrogen-bond donors (Lipinski definition) is 0. The first kappa shape index (κ1) is 19.9. The van der Waals surface area contributed by atoms with Crippen molar-refractivity contribution in [2.24, 2.45) is 0 Å². The van der Waals surface area contributed by atoms with Gasteiger partial charge in [0.1, 0.15) is 5.60 Å². The molecule has 0 radical (unpaired) electrons. The lowest BCUT2D eigenvalue weighted by Gasteiger charge is -2.27. The van der Waals surface area contributed by atoms with E-state index in [0.717, 1.165) is 16.7 Å². The number of allylic oxidation sites excluding steroid dienone is 1. The minimum Gasteiger partial charge on any atom is -0.443 e. The van der Waals surface area contributed by atoms with E-state index >= 15 is 0 Å². The first-order chi connectivity index (χ1) is 13.3. The SMILES string of the molecule is C/C=C1\C[C@@H](Cc2ccc(-c3ccccc3)cc2)N(C(=O)OC(C)(C)C)C1=O. The highest BCUT2D eigenvalue weighted by Gasteiger charge is 2.41. The maximum absolute atomic E-state index is 12.7. The average molecular weight is 377 g/mol. The van der Waals surface area contributed by atoms with Crippen LogP contribution in [-0.4, -0.2) is 28.5 Å². The van der Waals surface area contributed by atoms with E-state index in [-0.39, 0.29) is 11.9 Å². The quantitative estimate of drug-likeness (QED) is 0.675. The van der Waals surface area contributed by atoms with Crippen LogP contribution in [0.1, 0.15) is 39.7 Å². The van der Waals surface area contributed by atoms with E-state index in [0.29, 0.717) is 18.4 Å². The number of ether oxygens (including phenoxy) is 1. The minimum absolute atomic E-state index is 0.226. The lowest BCUT2D eigenvalue weighted by atomic mass is 9.99. The van der Waals surface area contributed by atoms with Crippen molar-refractivity contribution in [3.8, 4) is 11.1 Å². The van der Waals surface area contributed by atoms with Crippen molar-refractivity contribution in [3.63, 3.8) is 0 Å². The molecule has 2 amide bonds. The Labute approximate surface area is 166 Å². The number of benzene rings is 2. The smallest absolute Gasteiger partial charge is 0.417 e. The number of carbonyl (C=O) groups is 2. The Bertz CT molecular complexity index is 876. The van der Waals surface area contributed by atoms with Gasteiger partial charge in [0.15, 0.2) is 0 Å². The van der Waals surface area contributed by atoms with Crippen molar-refractivity contribution in [2.45, 2.75) is 52.2 Å². The predicted octanol–water partition coefficient (Wildman–Crippen LogP) is 5.38. The summed E-state index contributed by atoms with van der Waals surface area (Å²) >= 11 is 0. The van der Waals surface area contributed by atoms with Gasteiger partial charge in [-0.1, -0.05) is 60.7 Å². The summed E-state index contributed by atoms with van der Waals surface area (Å²) < 4.78 is 5.47. The van der Waals surface area contributed by atoms with Gasteiger partial charge in [0.2, 0.25) is 0 Å². The van der Waals surface area contributed by atoms with Crippen LogP contribution in [0.2, 0.25) is 0 Å². The number of amides is 2. The molecular formula is C24H27NO3. The van der Waals surface area contributed by atoms with E-state index in [1.54, 1.807) is 26.8 Å². The van der Waals surface area contributed by atoms with Gasteiger partial charge < -0.3 is 4.74 Å². The third-order valence-corrected chi connectivity index (χ3v) is 4.79. The Kier molecular flexibility index (Phi) is 5.68. The van der Waals surface area contributed by atoms with Crippen LogP contribution < -0.4 is 0 Å². The Balaban J connectivity index is 1.79. The number of nitrogens with zero attached hydrogens (tertiary/aromatic N) is 1. The van der Waals surface area contributed by atoms with E-state index in [2.05, 4.69) is 36.4 Å². The Morgan fingerprint density at radius 3 is 2.25 bits per heavy atom. The van der Waals surface area contributed by atoms with Crippen molar-refractivity contribution in [1.82, 2.24) is 4.90 Å². The molecular weight excluding hydrogens is 350 g/mol. The molecule has 0 aromatic heterocycles. The molecule has 4 heteroatoms. The van der Waals surface area contributed by atoms with Gasteiger partial charge in [-0.05, 0) is 57.2 Å². The maximum atomic E-state index is 12.7. The summed E-state index contributed by atoms with van der Waals surface area (Å²) in [5.74, 6) is -0.248. The van der Waals surface area contributed by atoms with Crippen LogP contribution in [0.15, 0.2) is 66.2 Å². The molecule has 1 aliphatic heterocycles. The van der Waals surface area contributed by atoms with Crippen LogP contribution in [-0.2, 0) is 16.0 Å². The summed E-state index contributed by atoms with van der Waals surface area (Å²) in [5, 5.41) is 0. The fourth-order valence-electron chi connectivity index (χ4n) is 3.44. The monoisotopic (exact) mass is 377 g/mol. The average Bonchev–Trinajstić information content (AvgIpc) is 2.97. The summed E-state index contributed by atoms with van der Waals surface area (Å²) in [7, 11) is 0. The normalized spacial score (nSPS) is 18.6. The van der Waals surface area contributed by atoms with Gasteiger partial charge in [0.05, 0.1) is 6.04 Å². The highest BCUT2D eigenvalue weighted by molar-refractivity contribution is 6.05. The van der Waals surface area contributed by atoms with Crippen molar-refractivity contribution >= 4 is 12.0 Å². The molecule has 146 valence electrons. The molecule has 4 nitrogen and oxygen atoms in total. The number of rotatable bonds is 3. The summed E-state index contributed by atoms with van der Waals surface area (Å²) in [4.78, 5) is 26.6. The number of imide groups is 1. The highest BCUT2D eigenvalue weighted by atomic mass is 16.6. The molecule has 0 saturated carbocycles. The van der Waals surface area contributed by atoms with Gasteiger partial charge in [-0.2, -0.15) is 0 Å². The zero-order valence-electron chi connectivity index (χ0n) is 16.9. The van der Waals surface area contributed by atoms with Crippen LogP contribution >= 0.6 is 0 Å². The summed E-state index contributed by atoms with van der Waals surface area (Å²) in [6.07, 6.45) is 2.38. The number of hydrogen-bond acceptors (Lipinski definition) is 3. The molecule has 1 atom stereocenters. The molecule has 0 bridgehead atoms. The number of carbonyl (C=O) groups excluding carboxylic acids is 2. The van der Waals surface area contributed by atoms with Gasteiger partial charge in [0, 0.05) is 5.57 Å². The third kappa shape index (κ3) is 4.50. The lowest BCUT2D eigenvalue weighted by molar-refractivity contribution is -0.125. The second-order valence-electron chi connectivity index (χ2n) is 8.09. The van der Waals surface area contributed by atoms with Crippen molar-refractivity contribution < 1.29 is 14.3 Å². The van der Waals surface area contributed by atoms with E-state index in [4.69, 9.17) is 4.74 Å². The molecule has 0 spiro atoms. The summed E-state index contributed by atoms with van der Waals surface area (Å²) in [6.45, 7) is 7.25. The Hall–Kier alpha value is -2.88. The molecule has 1 saturated heterocycles. The van der Waals surface area contributed by atoms with E-state index in [1.807, 2.05) is 25.1 Å². The molecule has 1 heterocycles. The number of likely N-dealkylation sites (tertiary alicyclic amines) is 1. The van der Waals surface area contributed by atoms with Crippen molar-refractivity contribution in [3.05, 3.63) is 71.8 Å². The maximum Gasteiger partial charge on any atom is 0.417 e. The van der Waals surface area contributed by atoms with Crippen LogP contribution in [0.25, 0.3) is 11.1 Å². The zero-order valence-corrected chi connectivity index (χ0v) is 16.9. The fraction of sp³-hybridized carbons (Fsp3) is 0.333. The van der Waals surface area contributed by atoms with Gasteiger partial charge in [0.25, 0.3) is 5.91 Å². The van der Waals surface area contributed by atoms with E-state index in [9.17, 15) is 9.59 Å². The standard InChI is InChI=1S/C24H27NO3/c1-5-18-16-21(25(22(18)26)23(27)28-24(2,3)4)15-17-11-13-20(14-12-17)19-9-7-6-8-10-19/h5-14,21H,15-16H2,1-4H3/b18-5+/t21-/m1/s1. The van der Waals surface area contributed by atoms with E-state index in [1.165, 1.54) is 4.90 Å². The topological polar surface area (TPSA) is 46.6 Å².